The summed E-state index contributed by atoms with van der Waals surface area (Å²) in [6.45, 7) is 1.78. The molecule has 0 aromatic rings. The molecule has 1 saturated heterocycles. The third kappa shape index (κ3) is 13.1. The first-order valence-electron chi connectivity index (χ1n) is 10.5. The maximum Gasteiger partial charge on any atom is 0.290 e. The molecule has 1 fully saturated rings. The van der Waals surface area contributed by atoms with Gasteiger partial charge in [-0.2, -0.15) is 0 Å². The second-order valence-corrected chi connectivity index (χ2v) is 7.56. The van der Waals surface area contributed by atoms with Crippen LogP contribution in [0.1, 0.15) is 84.0 Å². The second-order valence-electron chi connectivity index (χ2n) is 7.56. The Morgan fingerprint density at radius 2 is 1.56 bits per heavy atom. The Bertz CT molecular complexity index is 344. The Labute approximate surface area is 163 Å². The molecule has 162 valence electrons. The van der Waals surface area contributed by atoms with E-state index in [2.05, 4.69) is 12.2 Å². The third-order valence-corrected chi connectivity index (χ3v) is 5.18. The number of hydrogen-bond acceptors (Lipinski definition) is 6. The summed E-state index contributed by atoms with van der Waals surface area (Å²) in [7, 11) is 0. The zero-order valence-electron chi connectivity index (χ0n) is 16.8. The number of aliphatic hydroxyl groups is 4. The van der Waals surface area contributed by atoms with Crippen LogP contribution in [0.3, 0.4) is 0 Å². The molecule has 1 heterocycles. The van der Waals surface area contributed by atoms with Gasteiger partial charge in [0.1, 0.15) is 0 Å². The smallest absolute Gasteiger partial charge is 0.290 e. The normalized spacial score (nSPS) is 26.1. The van der Waals surface area contributed by atoms with Gasteiger partial charge < -0.3 is 30.8 Å². The van der Waals surface area contributed by atoms with Crippen molar-refractivity contribution in [1.29, 1.82) is 0 Å². The number of piperidine rings is 1. The second kappa shape index (κ2) is 17.4. The molecule has 0 amide bonds. The van der Waals surface area contributed by atoms with E-state index in [-0.39, 0.29) is 25.2 Å². The maximum atomic E-state index is 10.2. The van der Waals surface area contributed by atoms with E-state index in [9.17, 15) is 20.4 Å². The van der Waals surface area contributed by atoms with E-state index >= 15 is 0 Å². The Kier molecular flexibility index (Phi) is 16.9. The fraction of sp³-hybridized carbons (Fsp3) is 0.950. The molecule has 0 aromatic carbocycles. The molecular weight excluding hydrogens is 350 g/mol. The van der Waals surface area contributed by atoms with Crippen LogP contribution >= 0.6 is 0 Å². The van der Waals surface area contributed by atoms with Gasteiger partial charge in [-0.3, -0.25) is 4.79 Å². The SMILES string of the molecule is CCCCCCCCCCC[C@@H](O)C[C@@H]1C[C@@H](O)[C@H](O)[C@H](CO)N1.O=CO. The topological polar surface area (TPSA) is 130 Å². The summed E-state index contributed by atoms with van der Waals surface area (Å²) in [5.74, 6) is 0. The molecule has 0 spiro atoms. The minimum absolute atomic E-state index is 0.0471. The van der Waals surface area contributed by atoms with E-state index in [1.54, 1.807) is 0 Å². The van der Waals surface area contributed by atoms with Crippen molar-refractivity contribution in [3.63, 3.8) is 0 Å². The lowest BCUT2D eigenvalue weighted by Crippen LogP contribution is -2.59. The highest BCUT2D eigenvalue weighted by Crippen LogP contribution is 2.20. The quantitative estimate of drug-likeness (QED) is 0.208. The Balaban J connectivity index is 0.00000210. The lowest BCUT2D eigenvalue weighted by molar-refractivity contribution is -0.122. The van der Waals surface area contributed by atoms with Gasteiger partial charge in [-0.25, -0.2) is 0 Å². The minimum Gasteiger partial charge on any atom is -0.483 e. The molecule has 27 heavy (non-hydrogen) atoms. The van der Waals surface area contributed by atoms with Gasteiger partial charge in [0.15, 0.2) is 0 Å². The molecule has 7 nitrogen and oxygen atoms in total. The highest BCUT2D eigenvalue weighted by atomic mass is 16.3. The zero-order chi connectivity index (χ0) is 20.5. The van der Waals surface area contributed by atoms with E-state index < -0.39 is 18.2 Å². The number of aliphatic hydroxyl groups excluding tert-OH is 4. The van der Waals surface area contributed by atoms with Crippen molar-refractivity contribution >= 4 is 6.47 Å². The lowest BCUT2D eigenvalue weighted by Gasteiger charge is -2.38. The molecule has 7 heteroatoms. The maximum absolute atomic E-state index is 10.2. The van der Waals surface area contributed by atoms with Gasteiger partial charge in [-0.15, -0.1) is 0 Å². The fourth-order valence-electron chi connectivity index (χ4n) is 3.63. The van der Waals surface area contributed by atoms with Crippen LogP contribution in [0, 0.1) is 0 Å². The minimum atomic E-state index is -0.930. The molecule has 0 aliphatic carbocycles. The largest absolute Gasteiger partial charge is 0.483 e. The van der Waals surface area contributed by atoms with Gasteiger partial charge in [-0.1, -0.05) is 64.7 Å². The van der Waals surface area contributed by atoms with Crippen LogP contribution in [0.25, 0.3) is 0 Å². The van der Waals surface area contributed by atoms with Gasteiger partial charge in [0.05, 0.1) is 31.0 Å². The molecular formula is C20H41NO6. The molecule has 1 rings (SSSR count). The number of unbranched alkanes of at least 4 members (excludes halogenated alkanes) is 8. The highest BCUT2D eigenvalue weighted by molar-refractivity contribution is 5.32. The van der Waals surface area contributed by atoms with Crippen LogP contribution < -0.4 is 5.32 Å². The molecule has 0 bridgehead atoms. The van der Waals surface area contributed by atoms with E-state index in [0.717, 1.165) is 12.8 Å². The van der Waals surface area contributed by atoms with Crippen molar-refractivity contribution in [2.24, 2.45) is 0 Å². The summed E-state index contributed by atoms with van der Waals surface area (Å²) in [6, 6.07) is -0.548. The Hall–Kier alpha value is -0.730. The van der Waals surface area contributed by atoms with Gasteiger partial charge in [0, 0.05) is 6.04 Å². The van der Waals surface area contributed by atoms with Gasteiger partial charge in [0.25, 0.3) is 6.47 Å². The molecule has 0 unspecified atom stereocenters. The number of hydrogen-bond donors (Lipinski definition) is 6. The van der Waals surface area contributed by atoms with Crippen LogP contribution in [0.2, 0.25) is 0 Å². The van der Waals surface area contributed by atoms with Gasteiger partial charge in [-0.05, 0) is 19.3 Å². The summed E-state index contributed by atoms with van der Waals surface area (Å²) in [5, 5.41) is 49.0. The number of nitrogens with one attached hydrogen (secondary N) is 1. The summed E-state index contributed by atoms with van der Waals surface area (Å²) < 4.78 is 0. The molecule has 0 radical (unpaired) electrons. The predicted octanol–water partition coefficient (Wildman–Crippen LogP) is 1.80. The number of carboxylic acid groups (broad SMARTS) is 1. The summed E-state index contributed by atoms with van der Waals surface area (Å²) in [4.78, 5) is 8.36. The average Bonchev–Trinajstić information content (AvgIpc) is 2.63. The van der Waals surface area contributed by atoms with E-state index in [1.165, 1.54) is 51.4 Å². The van der Waals surface area contributed by atoms with Crippen molar-refractivity contribution in [3.05, 3.63) is 0 Å². The molecule has 0 saturated carbocycles. The highest BCUT2D eigenvalue weighted by Gasteiger charge is 2.35. The summed E-state index contributed by atoms with van der Waals surface area (Å²) in [5.41, 5.74) is 0. The van der Waals surface area contributed by atoms with Gasteiger partial charge in [0.2, 0.25) is 0 Å². The standard InChI is InChI=1S/C19H39NO4.CH2O2/c1-2-3-4-5-6-7-8-9-10-11-16(22)12-15-13-18(23)19(24)17(14-21)20-15;2-1-3/h15-24H,2-14H2,1H3;1H,(H,2,3)/t15-,16-,17+,18-,19-;/m1./s1. The first-order valence-corrected chi connectivity index (χ1v) is 10.5. The van der Waals surface area contributed by atoms with Crippen LogP contribution in [-0.2, 0) is 4.79 Å². The van der Waals surface area contributed by atoms with Crippen molar-refractivity contribution in [2.75, 3.05) is 6.61 Å². The van der Waals surface area contributed by atoms with E-state index in [0.29, 0.717) is 12.8 Å². The number of rotatable bonds is 13. The molecule has 1 aliphatic rings. The van der Waals surface area contributed by atoms with Crippen LogP contribution in [-0.4, -0.2) is 69.0 Å². The lowest BCUT2D eigenvalue weighted by atomic mass is 9.89. The predicted molar refractivity (Wildman–Crippen MR) is 106 cm³/mol. The molecule has 0 aromatic heterocycles. The zero-order valence-corrected chi connectivity index (χ0v) is 16.8. The van der Waals surface area contributed by atoms with Crippen LogP contribution in [0.15, 0.2) is 0 Å². The Morgan fingerprint density at radius 1 is 1.04 bits per heavy atom. The molecule has 1 aliphatic heterocycles. The van der Waals surface area contributed by atoms with Crippen molar-refractivity contribution in [1.82, 2.24) is 5.32 Å². The van der Waals surface area contributed by atoms with E-state index in [4.69, 9.17) is 9.90 Å². The van der Waals surface area contributed by atoms with E-state index in [1.807, 2.05) is 0 Å². The molecule has 6 N–H and O–H groups in total. The van der Waals surface area contributed by atoms with Crippen LogP contribution in [0.5, 0.6) is 0 Å². The van der Waals surface area contributed by atoms with Crippen LogP contribution in [0.4, 0.5) is 0 Å². The van der Waals surface area contributed by atoms with Crippen molar-refractivity contribution < 1.29 is 30.3 Å². The summed E-state index contributed by atoms with van der Waals surface area (Å²) >= 11 is 0. The average molecular weight is 392 g/mol. The van der Waals surface area contributed by atoms with Crippen molar-refractivity contribution in [2.45, 2.75) is 114 Å². The molecule has 5 atom stereocenters. The first-order chi connectivity index (χ1) is 13.0. The Morgan fingerprint density at radius 3 is 2.07 bits per heavy atom. The first kappa shape index (κ1) is 26.3. The van der Waals surface area contributed by atoms with Gasteiger partial charge >= 0.3 is 0 Å². The fourth-order valence-corrected chi connectivity index (χ4v) is 3.63. The monoisotopic (exact) mass is 391 g/mol. The third-order valence-electron chi connectivity index (χ3n) is 5.18. The van der Waals surface area contributed by atoms with Crippen molar-refractivity contribution in [3.8, 4) is 0 Å². The number of carbonyl (C=O) groups is 1. The summed E-state index contributed by atoms with van der Waals surface area (Å²) in [6.07, 6.45) is 11.1.